The van der Waals surface area contributed by atoms with E-state index in [4.69, 9.17) is 4.74 Å². The third-order valence-electron chi connectivity index (χ3n) is 4.31. The number of amides is 1. The number of hydrogen-bond acceptors (Lipinski definition) is 7. The number of aromatic nitrogens is 2. The smallest absolute Gasteiger partial charge is 0.270 e. The van der Waals surface area contributed by atoms with Gasteiger partial charge in [0.05, 0.1) is 18.6 Å². The lowest BCUT2D eigenvalue weighted by atomic mass is 10.1. The molecule has 2 heterocycles. The minimum atomic E-state index is -3.04. The summed E-state index contributed by atoms with van der Waals surface area (Å²) < 4.78 is 28.1. The van der Waals surface area contributed by atoms with Gasteiger partial charge in [0.1, 0.15) is 11.4 Å². The first-order valence-corrected chi connectivity index (χ1v) is 10.5. The molecule has 1 unspecified atom stereocenters. The first-order valence-electron chi connectivity index (χ1n) is 8.66. The fourth-order valence-corrected chi connectivity index (χ4v) is 4.52. The van der Waals surface area contributed by atoms with Gasteiger partial charge in [-0.15, -0.1) is 0 Å². The summed E-state index contributed by atoms with van der Waals surface area (Å²) in [5, 5.41) is 5.82. The van der Waals surface area contributed by atoms with Gasteiger partial charge >= 0.3 is 0 Å². The van der Waals surface area contributed by atoms with Gasteiger partial charge in [-0.3, -0.25) is 4.79 Å². The number of anilines is 1. The van der Waals surface area contributed by atoms with Crippen molar-refractivity contribution in [2.45, 2.75) is 18.9 Å². The topological polar surface area (TPSA) is 110 Å². The first kappa shape index (κ1) is 19.1. The number of methoxy groups -OCH3 is 1. The predicted octanol–water partition coefficient (Wildman–Crippen LogP) is 1.06. The maximum atomic E-state index is 12.3. The molecule has 0 radical (unpaired) electrons. The van der Waals surface area contributed by atoms with E-state index in [9.17, 15) is 13.2 Å². The Bertz CT molecular complexity index is 900. The van der Waals surface area contributed by atoms with Crippen LogP contribution in [0, 0.1) is 0 Å². The van der Waals surface area contributed by atoms with Crippen LogP contribution in [0.2, 0.25) is 0 Å². The summed E-state index contributed by atoms with van der Waals surface area (Å²) in [6.45, 7) is 0.609. The number of hydrogen-bond donors (Lipinski definition) is 2. The van der Waals surface area contributed by atoms with E-state index < -0.39 is 15.7 Å². The Hall–Kier alpha value is -2.68. The standard InChI is InChI=1S/C18H22N4O4S/c1-26-15-4-2-13(3-5-15)6-9-19-18-20-10-7-16(22-18)17(23)21-14-8-11-27(24,25)12-14/h2-5,7,10,14H,6,8-9,11-12H2,1H3,(H,21,23)(H,19,20,22). The van der Waals surface area contributed by atoms with E-state index in [1.807, 2.05) is 24.3 Å². The van der Waals surface area contributed by atoms with Crippen molar-refractivity contribution in [2.75, 3.05) is 30.5 Å². The van der Waals surface area contributed by atoms with Gasteiger partial charge < -0.3 is 15.4 Å². The predicted molar refractivity (Wildman–Crippen MR) is 102 cm³/mol. The van der Waals surface area contributed by atoms with Crippen molar-refractivity contribution in [3.8, 4) is 5.75 Å². The van der Waals surface area contributed by atoms with Crippen LogP contribution in [-0.2, 0) is 16.3 Å². The molecule has 1 fully saturated rings. The molecule has 1 amide bonds. The Kier molecular flexibility index (Phi) is 5.90. The minimum absolute atomic E-state index is 0.0171. The Morgan fingerprint density at radius 2 is 2.04 bits per heavy atom. The van der Waals surface area contributed by atoms with Crippen molar-refractivity contribution in [1.29, 1.82) is 0 Å². The molecule has 8 nitrogen and oxygen atoms in total. The van der Waals surface area contributed by atoms with Crippen LogP contribution >= 0.6 is 0 Å². The van der Waals surface area contributed by atoms with Crippen molar-refractivity contribution >= 4 is 21.7 Å². The Labute approximate surface area is 158 Å². The lowest BCUT2D eigenvalue weighted by Gasteiger charge is -2.11. The zero-order valence-corrected chi connectivity index (χ0v) is 15.8. The van der Waals surface area contributed by atoms with Gasteiger partial charge in [0, 0.05) is 18.8 Å². The lowest BCUT2D eigenvalue weighted by Crippen LogP contribution is -2.36. The van der Waals surface area contributed by atoms with Crippen LogP contribution in [0.1, 0.15) is 22.5 Å². The first-order chi connectivity index (χ1) is 12.9. The van der Waals surface area contributed by atoms with Crippen molar-refractivity contribution in [1.82, 2.24) is 15.3 Å². The fourth-order valence-electron chi connectivity index (χ4n) is 2.85. The highest BCUT2D eigenvalue weighted by molar-refractivity contribution is 7.91. The molecule has 27 heavy (non-hydrogen) atoms. The second-order valence-corrected chi connectivity index (χ2v) is 8.59. The monoisotopic (exact) mass is 390 g/mol. The van der Waals surface area contributed by atoms with Gasteiger partial charge in [-0.25, -0.2) is 18.4 Å². The van der Waals surface area contributed by atoms with Crippen molar-refractivity contribution < 1.29 is 17.9 Å². The Balaban J connectivity index is 1.52. The van der Waals surface area contributed by atoms with Crippen molar-refractivity contribution in [3.05, 3.63) is 47.8 Å². The molecule has 0 spiro atoms. The third kappa shape index (κ3) is 5.40. The largest absolute Gasteiger partial charge is 0.497 e. The van der Waals surface area contributed by atoms with Crippen LogP contribution < -0.4 is 15.4 Å². The van der Waals surface area contributed by atoms with Crippen LogP contribution in [0.25, 0.3) is 0 Å². The van der Waals surface area contributed by atoms with Gasteiger partial charge in [-0.05, 0) is 36.6 Å². The lowest BCUT2D eigenvalue weighted by molar-refractivity contribution is 0.0936. The Morgan fingerprint density at radius 3 is 2.70 bits per heavy atom. The summed E-state index contributed by atoms with van der Waals surface area (Å²) in [7, 11) is -1.41. The third-order valence-corrected chi connectivity index (χ3v) is 6.08. The SMILES string of the molecule is COc1ccc(CCNc2nccc(C(=O)NC3CCS(=O)(=O)C3)n2)cc1. The van der Waals surface area contributed by atoms with E-state index in [0.717, 1.165) is 17.7 Å². The second kappa shape index (κ2) is 8.34. The maximum Gasteiger partial charge on any atom is 0.270 e. The molecule has 2 N–H and O–H groups in total. The number of nitrogens with zero attached hydrogens (tertiary/aromatic N) is 2. The van der Waals surface area contributed by atoms with Crippen LogP contribution in [-0.4, -0.2) is 55.5 Å². The summed E-state index contributed by atoms with van der Waals surface area (Å²) in [5.74, 6) is 0.869. The molecule has 1 aromatic heterocycles. The molecule has 0 aliphatic carbocycles. The van der Waals surface area contributed by atoms with Crippen LogP contribution in [0.3, 0.4) is 0 Å². The van der Waals surface area contributed by atoms with E-state index in [2.05, 4.69) is 20.6 Å². The summed E-state index contributed by atoms with van der Waals surface area (Å²) in [6.07, 6.45) is 2.71. The second-order valence-electron chi connectivity index (χ2n) is 6.36. The van der Waals surface area contributed by atoms with Gasteiger partial charge in [0.25, 0.3) is 5.91 Å². The Morgan fingerprint density at radius 1 is 1.26 bits per heavy atom. The molecule has 0 bridgehead atoms. The summed E-state index contributed by atoms with van der Waals surface area (Å²) in [5.41, 5.74) is 1.35. The fraction of sp³-hybridized carbons (Fsp3) is 0.389. The summed E-state index contributed by atoms with van der Waals surface area (Å²) in [4.78, 5) is 20.6. The zero-order chi connectivity index (χ0) is 19.3. The molecule has 3 rings (SSSR count). The van der Waals surface area contributed by atoms with Crippen LogP contribution in [0.5, 0.6) is 5.75 Å². The van der Waals surface area contributed by atoms with Gasteiger partial charge in [-0.2, -0.15) is 0 Å². The van der Waals surface area contributed by atoms with E-state index in [0.29, 0.717) is 18.9 Å². The molecule has 1 aliphatic rings. The summed E-state index contributed by atoms with van der Waals surface area (Å²) in [6, 6.07) is 8.93. The number of carbonyl (C=O) groups is 1. The van der Waals surface area contributed by atoms with Crippen molar-refractivity contribution in [2.24, 2.45) is 0 Å². The maximum absolute atomic E-state index is 12.3. The molecule has 1 saturated heterocycles. The van der Waals surface area contributed by atoms with E-state index >= 15 is 0 Å². The average molecular weight is 390 g/mol. The van der Waals surface area contributed by atoms with Gasteiger partial charge in [0.15, 0.2) is 9.84 Å². The molecule has 144 valence electrons. The number of ether oxygens (including phenoxy) is 1. The van der Waals surface area contributed by atoms with E-state index in [1.165, 1.54) is 12.3 Å². The van der Waals surface area contributed by atoms with E-state index in [1.54, 1.807) is 7.11 Å². The molecule has 1 aliphatic heterocycles. The van der Waals surface area contributed by atoms with Gasteiger partial charge in [0.2, 0.25) is 5.95 Å². The van der Waals surface area contributed by atoms with Gasteiger partial charge in [-0.1, -0.05) is 12.1 Å². The molecule has 1 aromatic carbocycles. The minimum Gasteiger partial charge on any atom is -0.497 e. The quantitative estimate of drug-likeness (QED) is 0.727. The van der Waals surface area contributed by atoms with E-state index in [-0.39, 0.29) is 23.2 Å². The van der Waals surface area contributed by atoms with Crippen LogP contribution in [0.15, 0.2) is 36.5 Å². The number of rotatable bonds is 7. The molecule has 0 saturated carbocycles. The molecule has 2 aromatic rings. The normalized spacial score (nSPS) is 18.0. The van der Waals surface area contributed by atoms with Crippen LogP contribution in [0.4, 0.5) is 5.95 Å². The zero-order valence-electron chi connectivity index (χ0n) is 15.0. The number of sulfone groups is 1. The molecular weight excluding hydrogens is 368 g/mol. The highest BCUT2D eigenvalue weighted by atomic mass is 32.2. The number of carbonyl (C=O) groups excluding carboxylic acids is 1. The average Bonchev–Trinajstić information content (AvgIpc) is 3.01. The number of nitrogens with one attached hydrogen (secondary N) is 2. The highest BCUT2D eigenvalue weighted by Crippen LogP contribution is 2.13. The molecule has 9 heteroatoms. The molecular formula is C18H22N4O4S. The summed E-state index contributed by atoms with van der Waals surface area (Å²) >= 11 is 0. The van der Waals surface area contributed by atoms with Crippen molar-refractivity contribution in [3.63, 3.8) is 0 Å². The highest BCUT2D eigenvalue weighted by Gasteiger charge is 2.29. The number of benzene rings is 1. The molecule has 1 atom stereocenters.